The zero-order valence-electron chi connectivity index (χ0n) is 46.9. The molecule has 3 heteroatoms. The second kappa shape index (κ2) is 21.4. The number of aromatic hydroxyl groups is 3. The van der Waals surface area contributed by atoms with Crippen molar-refractivity contribution in [3.8, 4) is 17.2 Å². The standard InChI is InChI=1S/C66H90O3/c1-22-28-61(10,11)52-37-46(38-53(58(52)67)62(12,13)29-23-2)34-49-43(7)50(35-47-39-54(63(14,15)30-24-3)59(68)55(40-47)64(16,17)31-25-4)45(9)51(44(49)8)36-48-41-56(65(18,19)32-26-5)60(69)57(42-48)66(20,21)33-27-6/h22-33,37-42,67-69H,34-36H2,1-21H3/b28-22+,29-23+,30-24+,31-25+,32-26+,33-27+. The molecule has 3 N–H and O–H groups in total. The third kappa shape index (κ3) is 12.0. The molecule has 0 aromatic heterocycles. The van der Waals surface area contributed by atoms with Crippen LogP contribution in [0, 0.1) is 20.8 Å². The lowest BCUT2D eigenvalue weighted by molar-refractivity contribution is 0.436. The predicted octanol–water partition coefficient (Wildman–Crippen LogP) is 17.6. The number of phenols is 3. The average Bonchev–Trinajstić information content (AvgIpc) is 3.23. The van der Waals surface area contributed by atoms with Crippen molar-refractivity contribution < 1.29 is 15.3 Å². The summed E-state index contributed by atoms with van der Waals surface area (Å²) in [5.41, 5.74) is 14.2. The summed E-state index contributed by atoms with van der Waals surface area (Å²) >= 11 is 0. The minimum absolute atomic E-state index is 0.352. The highest BCUT2D eigenvalue weighted by Gasteiger charge is 2.33. The molecule has 0 spiro atoms. The van der Waals surface area contributed by atoms with E-state index in [-0.39, 0.29) is 0 Å². The van der Waals surface area contributed by atoms with Gasteiger partial charge in [-0.15, -0.1) is 0 Å². The molecule has 0 saturated heterocycles. The second-order valence-electron chi connectivity index (χ2n) is 23.3. The van der Waals surface area contributed by atoms with E-state index in [0.29, 0.717) is 36.5 Å². The molecule has 0 aliphatic heterocycles. The van der Waals surface area contributed by atoms with Crippen LogP contribution in [0.25, 0.3) is 0 Å². The lowest BCUT2D eigenvalue weighted by Crippen LogP contribution is -2.20. The summed E-state index contributed by atoms with van der Waals surface area (Å²) < 4.78 is 0. The van der Waals surface area contributed by atoms with Crippen LogP contribution in [0.15, 0.2) is 109 Å². The molecular weight excluding hydrogens is 841 g/mol. The van der Waals surface area contributed by atoms with Crippen LogP contribution in [0.3, 0.4) is 0 Å². The highest BCUT2D eigenvalue weighted by Crippen LogP contribution is 2.46. The molecule has 0 heterocycles. The second-order valence-corrected chi connectivity index (χ2v) is 23.3. The minimum atomic E-state index is -0.408. The van der Waals surface area contributed by atoms with E-state index in [9.17, 15) is 15.3 Å². The molecular formula is C66H90O3. The van der Waals surface area contributed by atoms with Gasteiger partial charge in [-0.3, -0.25) is 0 Å². The molecule has 4 aromatic carbocycles. The lowest BCUT2D eigenvalue weighted by atomic mass is 9.74. The van der Waals surface area contributed by atoms with E-state index < -0.39 is 32.5 Å². The van der Waals surface area contributed by atoms with Crippen molar-refractivity contribution in [3.05, 3.63) is 193 Å². The van der Waals surface area contributed by atoms with Crippen LogP contribution in [0.5, 0.6) is 17.2 Å². The fraction of sp³-hybridized carbons (Fsp3) is 0.455. The zero-order chi connectivity index (χ0) is 52.2. The molecule has 0 saturated carbocycles. The molecule has 0 bridgehead atoms. The minimum Gasteiger partial charge on any atom is -0.507 e. The van der Waals surface area contributed by atoms with Gasteiger partial charge in [0.2, 0.25) is 0 Å². The van der Waals surface area contributed by atoms with Crippen molar-refractivity contribution in [2.75, 3.05) is 0 Å². The third-order valence-corrected chi connectivity index (χ3v) is 15.0. The molecule has 0 aliphatic rings. The van der Waals surface area contributed by atoms with E-state index in [2.05, 4.69) is 213 Å². The number of phenolic OH excluding ortho intramolecular Hbond substituents is 3. The van der Waals surface area contributed by atoms with Gasteiger partial charge in [0.15, 0.2) is 0 Å². The Hall–Kier alpha value is -5.28. The first kappa shape index (κ1) is 56.3. The van der Waals surface area contributed by atoms with Gasteiger partial charge in [-0.05, 0) is 132 Å². The molecule has 3 nitrogen and oxygen atoms in total. The Morgan fingerprint density at radius 2 is 0.449 bits per heavy atom. The number of allylic oxidation sites excluding steroid dienone is 12. The Morgan fingerprint density at radius 1 is 0.304 bits per heavy atom. The van der Waals surface area contributed by atoms with E-state index in [4.69, 9.17) is 0 Å². The Labute approximate surface area is 420 Å². The first-order valence-electron chi connectivity index (χ1n) is 25.5. The van der Waals surface area contributed by atoms with Crippen molar-refractivity contribution in [1.82, 2.24) is 0 Å². The molecule has 0 fully saturated rings. The number of hydrogen-bond donors (Lipinski definition) is 3. The van der Waals surface area contributed by atoms with Crippen molar-refractivity contribution >= 4 is 0 Å². The summed E-state index contributed by atoms with van der Waals surface area (Å²) in [6, 6.07) is 13.4. The molecule has 0 unspecified atom stereocenters. The Kier molecular flexibility index (Phi) is 17.4. The predicted molar refractivity (Wildman–Crippen MR) is 300 cm³/mol. The van der Waals surface area contributed by atoms with Crippen LogP contribution in [0.2, 0.25) is 0 Å². The van der Waals surface area contributed by atoms with Gasteiger partial charge >= 0.3 is 0 Å². The van der Waals surface area contributed by atoms with Crippen LogP contribution in [-0.4, -0.2) is 15.3 Å². The third-order valence-electron chi connectivity index (χ3n) is 15.0. The summed E-state index contributed by atoms with van der Waals surface area (Å²) in [4.78, 5) is 0. The van der Waals surface area contributed by atoms with Crippen molar-refractivity contribution in [2.45, 2.75) is 197 Å². The van der Waals surface area contributed by atoms with Crippen molar-refractivity contribution in [3.63, 3.8) is 0 Å². The number of rotatable bonds is 18. The quantitative estimate of drug-likeness (QED) is 0.0871. The van der Waals surface area contributed by atoms with Gasteiger partial charge in [0, 0.05) is 65.9 Å². The molecule has 0 amide bonds. The number of benzene rings is 4. The molecule has 372 valence electrons. The van der Waals surface area contributed by atoms with E-state index in [1.165, 1.54) is 33.4 Å². The van der Waals surface area contributed by atoms with Crippen LogP contribution in [0.4, 0.5) is 0 Å². The molecule has 0 radical (unpaired) electrons. The van der Waals surface area contributed by atoms with E-state index in [0.717, 1.165) is 50.1 Å². The van der Waals surface area contributed by atoms with Crippen LogP contribution < -0.4 is 0 Å². The highest BCUT2D eigenvalue weighted by atomic mass is 16.3. The molecule has 4 rings (SSSR count). The average molecular weight is 931 g/mol. The van der Waals surface area contributed by atoms with Crippen molar-refractivity contribution in [2.24, 2.45) is 0 Å². The van der Waals surface area contributed by atoms with Gasteiger partial charge in [-0.25, -0.2) is 0 Å². The fourth-order valence-electron chi connectivity index (χ4n) is 11.2. The topological polar surface area (TPSA) is 60.7 Å². The van der Waals surface area contributed by atoms with Gasteiger partial charge in [-0.2, -0.15) is 0 Å². The first-order valence-corrected chi connectivity index (χ1v) is 25.5. The van der Waals surface area contributed by atoms with Crippen LogP contribution >= 0.6 is 0 Å². The zero-order valence-corrected chi connectivity index (χ0v) is 46.9. The maximum Gasteiger partial charge on any atom is 0.123 e. The van der Waals surface area contributed by atoms with Crippen LogP contribution in [-0.2, 0) is 51.8 Å². The maximum absolute atomic E-state index is 12.1. The van der Waals surface area contributed by atoms with Gasteiger partial charge in [-0.1, -0.05) is 192 Å². The lowest BCUT2D eigenvalue weighted by Gasteiger charge is -2.31. The Bertz CT molecular complexity index is 2240. The first-order chi connectivity index (χ1) is 31.9. The smallest absolute Gasteiger partial charge is 0.123 e. The normalized spacial score (nSPS) is 13.9. The van der Waals surface area contributed by atoms with Gasteiger partial charge in [0.1, 0.15) is 17.2 Å². The Balaban J connectivity index is 2.22. The van der Waals surface area contributed by atoms with Gasteiger partial charge < -0.3 is 15.3 Å². The SMILES string of the molecule is C/C=C/C(C)(C)c1cc(Cc2c(C)c(Cc3cc(C(C)(C)/C=C/C)c(O)c(C(C)(C)/C=C/C)c3)c(C)c(Cc3cc(C(C)(C)/C=C/C)c(O)c(C(C)(C)/C=C/C)c3)c2C)cc(C(C)(C)/C=C/C)c1O. The monoisotopic (exact) mass is 931 g/mol. The molecule has 0 atom stereocenters. The highest BCUT2D eigenvalue weighted by molar-refractivity contribution is 5.61. The van der Waals surface area contributed by atoms with Crippen LogP contribution in [0.1, 0.15) is 208 Å². The van der Waals surface area contributed by atoms with Crippen molar-refractivity contribution in [1.29, 1.82) is 0 Å². The summed E-state index contributed by atoms with van der Waals surface area (Å²) in [6.45, 7) is 45.3. The molecule has 0 aliphatic carbocycles. The van der Waals surface area contributed by atoms with Gasteiger partial charge in [0.25, 0.3) is 0 Å². The van der Waals surface area contributed by atoms with E-state index in [1.54, 1.807) is 0 Å². The van der Waals surface area contributed by atoms with E-state index in [1.807, 2.05) is 41.5 Å². The fourth-order valence-corrected chi connectivity index (χ4v) is 11.2. The largest absolute Gasteiger partial charge is 0.507 e. The maximum atomic E-state index is 12.1. The summed E-state index contributed by atoms with van der Waals surface area (Å²) in [6.07, 6.45) is 27.6. The summed E-state index contributed by atoms with van der Waals surface area (Å²) in [7, 11) is 0. The van der Waals surface area contributed by atoms with E-state index >= 15 is 0 Å². The summed E-state index contributed by atoms with van der Waals surface area (Å²) in [5.74, 6) is 1.06. The number of hydrogen-bond acceptors (Lipinski definition) is 3. The van der Waals surface area contributed by atoms with Gasteiger partial charge in [0.05, 0.1) is 0 Å². The molecule has 69 heavy (non-hydrogen) atoms. The molecule has 4 aromatic rings. The Morgan fingerprint density at radius 3 is 0.580 bits per heavy atom. The summed E-state index contributed by atoms with van der Waals surface area (Å²) in [5, 5.41) is 36.4.